The number of aromatic nitrogens is 2. The number of carbonyl (C=O) groups is 2. The smallest absolute Gasteiger partial charge is 0.298 e. The molecule has 0 radical (unpaired) electrons. The van der Waals surface area contributed by atoms with Gasteiger partial charge in [0.05, 0.1) is 6.34 Å². The molecule has 1 amide bonds. The van der Waals surface area contributed by atoms with Crippen molar-refractivity contribution in [3.8, 4) is 0 Å². The summed E-state index contributed by atoms with van der Waals surface area (Å²) in [7, 11) is 1.43. The van der Waals surface area contributed by atoms with Crippen molar-refractivity contribution in [3.63, 3.8) is 0 Å². The van der Waals surface area contributed by atoms with Gasteiger partial charge in [0, 0.05) is 25.6 Å². The Kier molecular flexibility index (Phi) is 3.50. The normalized spacial score (nSPS) is 10.2. The highest BCUT2D eigenvalue weighted by Crippen LogP contribution is 1.90. The molecule has 0 aliphatic carbocycles. The van der Waals surface area contributed by atoms with E-state index in [1.165, 1.54) is 38.3 Å². The molecule has 0 aliphatic heterocycles. The number of likely N-dealkylation sites (N-methyl/N-ethyl adjacent to an activating group) is 1. The molecule has 0 aromatic carbocycles. The van der Waals surface area contributed by atoms with Crippen molar-refractivity contribution >= 4 is 18.2 Å². The molecule has 0 fully saturated rings. The summed E-state index contributed by atoms with van der Waals surface area (Å²) >= 11 is 0. The predicted molar refractivity (Wildman–Crippen MR) is 54.3 cm³/mol. The quantitative estimate of drug-likeness (QED) is 0.393. The Hall–Kier alpha value is -2.24. The molecular formula is C9H10N4O2. The standard InChI is InChI=1S/C9H10N4O2/c1-3-10-6-12(2)8(14)9(15)13-5-4-11-7-13/h3-7H,1H2,2H3/b10-6-. The first-order chi connectivity index (χ1) is 7.16. The van der Waals surface area contributed by atoms with Crippen LogP contribution in [0.2, 0.25) is 0 Å². The van der Waals surface area contributed by atoms with Crippen LogP contribution in [0, 0.1) is 0 Å². The molecule has 0 saturated carbocycles. The zero-order valence-corrected chi connectivity index (χ0v) is 8.20. The number of aliphatic imine (C=N–C) groups is 1. The molecule has 1 aromatic rings. The summed E-state index contributed by atoms with van der Waals surface area (Å²) in [6.07, 6.45) is 6.57. The lowest BCUT2D eigenvalue weighted by Crippen LogP contribution is -2.35. The van der Waals surface area contributed by atoms with Crippen LogP contribution in [0.15, 0.2) is 36.5 Å². The molecule has 1 heterocycles. The van der Waals surface area contributed by atoms with E-state index in [1.54, 1.807) is 0 Å². The third-order valence-corrected chi connectivity index (χ3v) is 1.59. The van der Waals surface area contributed by atoms with E-state index in [4.69, 9.17) is 0 Å². The lowest BCUT2D eigenvalue weighted by molar-refractivity contribution is -0.122. The van der Waals surface area contributed by atoms with Crippen molar-refractivity contribution in [2.75, 3.05) is 7.05 Å². The molecule has 0 spiro atoms. The summed E-state index contributed by atoms with van der Waals surface area (Å²) in [6, 6.07) is 0. The minimum atomic E-state index is -0.696. The molecule has 0 saturated heterocycles. The first-order valence-electron chi connectivity index (χ1n) is 4.10. The Morgan fingerprint density at radius 1 is 1.60 bits per heavy atom. The maximum atomic E-state index is 11.5. The van der Waals surface area contributed by atoms with Gasteiger partial charge in [-0.2, -0.15) is 0 Å². The van der Waals surface area contributed by atoms with Crippen LogP contribution in [0.4, 0.5) is 0 Å². The highest BCUT2D eigenvalue weighted by atomic mass is 16.2. The van der Waals surface area contributed by atoms with Crippen molar-refractivity contribution < 1.29 is 9.59 Å². The highest BCUT2D eigenvalue weighted by molar-refractivity contribution is 6.37. The van der Waals surface area contributed by atoms with Gasteiger partial charge < -0.3 is 0 Å². The Morgan fingerprint density at radius 2 is 2.33 bits per heavy atom. The molecule has 6 heteroatoms. The van der Waals surface area contributed by atoms with Gasteiger partial charge in [0.15, 0.2) is 0 Å². The Bertz CT molecular complexity index is 394. The van der Waals surface area contributed by atoms with Gasteiger partial charge in [-0.3, -0.25) is 19.1 Å². The number of imidazole rings is 1. The Labute approximate surface area is 86.5 Å². The van der Waals surface area contributed by atoms with Gasteiger partial charge >= 0.3 is 11.8 Å². The van der Waals surface area contributed by atoms with Crippen molar-refractivity contribution in [2.45, 2.75) is 0 Å². The largest absolute Gasteiger partial charge is 0.321 e. The van der Waals surface area contributed by atoms with Gasteiger partial charge in [-0.05, 0) is 0 Å². The minimum absolute atomic E-state index is 0.689. The zero-order chi connectivity index (χ0) is 11.3. The molecule has 1 aromatic heterocycles. The molecule has 78 valence electrons. The molecule has 0 aliphatic rings. The molecular weight excluding hydrogens is 196 g/mol. The van der Waals surface area contributed by atoms with Crippen LogP contribution in [0.3, 0.4) is 0 Å². The maximum Gasteiger partial charge on any atom is 0.321 e. The van der Waals surface area contributed by atoms with E-state index in [-0.39, 0.29) is 0 Å². The first-order valence-corrected chi connectivity index (χ1v) is 4.10. The fraction of sp³-hybridized carbons (Fsp3) is 0.111. The summed E-state index contributed by atoms with van der Waals surface area (Å²) in [6.45, 7) is 3.35. The van der Waals surface area contributed by atoms with Gasteiger partial charge in [-0.1, -0.05) is 6.58 Å². The third-order valence-electron chi connectivity index (χ3n) is 1.59. The lowest BCUT2D eigenvalue weighted by atomic mass is 10.5. The van der Waals surface area contributed by atoms with E-state index < -0.39 is 11.8 Å². The number of carbonyl (C=O) groups excluding carboxylic acids is 2. The summed E-state index contributed by atoms with van der Waals surface area (Å²) in [5, 5.41) is 0. The average molecular weight is 206 g/mol. The molecule has 0 atom stereocenters. The molecule has 0 unspecified atom stereocenters. The summed E-state index contributed by atoms with van der Waals surface area (Å²) in [4.78, 5) is 31.3. The van der Waals surface area contributed by atoms with Crippen LogP contribution in [0.25, 0.3) is 0 Å². The fourth-order valence-corrected chi connectivity index (χ4v) is 0.840. The topological polar surface area (TPSA) is 67.6 Å². The van der Waals surface area contributed by atoms with E-state index in [1.807, 2.05) is 0 Å². The number of amides is 1. The zero-order valence-electron chi connectivity index (χ0n) is 8.20. The summed E-state index contributed by atoms with van der Waals surface area (Å²) < 4.78 is 1.10. The molecule has 0 N–H and O–H groups in total. The number of nitrogens with zero attached hydrogens (tertiary/aromatic N) is 4. The maximum absolute atomic E-state index is 11.5. The monoisotopic (exact) mass is 206 g/mol. The van der Waals surface area contributed by atoms with Crippen LogP contribution < -0.4 is 0 Å². The fourth-order valence-electron chi connectivity index (χ4n) is 0.840. The van der Waals surface area contributed by atoms with Crippen LogP contribution in [0.1, 0.15) is 4.79 Å². The Balaban J connectivity index is 2.73. The van der Waals surface area contributed by atoms with E-state index in [9.17, 15) is 9.59 Å². The lowest BCUT2D eigenvalue weighted by Gasteiger charge is -2.08. The number of rotatable bonds is 2. The average Bonchev–Trinajstić information content (AvgIpc) is 2.77. The van der Waals surface area contributed by atoms with E-state index in [0.29, 0.717) is 0 Å². The molecule has 15 heavy (non-hydrogen) atoms. The molecule has 1 rings (SSSR count). The molecule has 6 nitrogen and oxygen atoms in total. The van der Waals surface area contributed by atoms with E-state index in [2.05, 4.69) is 16.6 Å². The summed E-state index contributed by atoms with van der Waals surface area (Å²) in [5.74, 6) is -1.39. The number of hydrogen-bond donors (Lipinski definition) is 0. The second kappa shape index (κ2) is 4.85. The molecule has 0 bridgehead atoms. The van der Waals surface area contributed by atoms with Crippen LogP contribution in [-0.2, 0) is 4.79 Å². The second-order valence-corrected chi connectivity index (χ2v) is 2.64. The van der Waals surface area contributed by atoms with Crippen LogP contribution >= 0.6 is 0 Å². The second-order valence-electron chi connectivity index (χ2n) is 2.64. The SMILES string of the molecule is C=C/N=C\N(C)C(=O)C(=O)n1ccnc1. The van der Waals surface area contributed by atoms with Crippen LogP contribution in [0.5, 0.6) is 0 Å². The summed E-state index contributed by atoms with van der Waals surface area (Å²) in [5.41, 5.74) is 0. The van der Waals surface area contributed by atoms with Gasteiger partial charge in [0.2, 0.25) is 0 Å². The Morgan fingerprint density at radius 3 is 2.87 bits per heavy atom. The van der Waals surface area contributed by atoms with Gasteiger partial charge in [0.25, 0.3) is 0 Å². The van der Waals surface area contributed by atoms with E-state index >= 15 is 0 Å². The van der Waals surface area contributed by atoms with Crippen molar-refractivity contribution in [1.82, 2.24) is 14.5 Å². The van der Waals surface area contributed by atoms with Gasteiger partial charge in [-0.25, -0.2) is 9.98 Å². The van der Waals surface area contributed by atoms with Crippen molar-refractivity contribution in [3.05, 3.63) is 31.5 Å². The third kappa shape index (κ3) is 2.60. The first kappa shape index (κ1) is 10.8. The van der Waals surface area contributed by atoms with Crippen molar-refractivity contribution in [2.24, 2.45) is 4.99 Å². The van der Waals surface area contributed by atoms with E-state index in [0.717, 1.165) is 9.47 Å². The minimum Gasteiger partial charge on any atom is -0.298 e. The van der Waals surface area contributed by atoms with Gasteiger partial charge in [-0.15, -0.1) is 0 Å². The van der Waals surface area contributed by atoms with Crippen molar-refractivity contribution in [1.29, 1.82) is 0 Å². The highest BCUT2D eigenvalue weighted by Gasteiger charge is 2.18. The number of hydrogen-bond acceptors (Lipinski definition) is 4. The van der Waals surface area contributed by atoms with Gasteiger partial charge in [0.1, 0.15) is 6.33 Å². The predicted octanol–water partition coefficient (Wildman–Crippen LogP) is 0.153. The van der Waals surface area contributed by atoms with Crippen LogP contribution in [-0.4, -0.2) is 39.7 Å².